The van der Waals surface area contributed by atoms with Crippen molar-refractivity contribution in [3.8, 4) is 0 Å². The highest BCUT2D eigenvalue weighted by Gasteiger charge is 2.16. The molecule has 1 aliphatic carbocycles. The van der Waals surface area contributed by atoms with Gasteiger partial charge in [-0.25, -0.2) is 0 Å². The lowest BCUT2D eigenvalue weighted by Gasteiger charge is -2.20. The minimum Gasteiger partial charge on any atom is -0.398 e. The van der Waals surface area contributed by atoms with E-state index in [4.69, 9.17) is 5.73 Å². The van der Waals surface area contributed by atoms with Gasteiger partial charge in [-0.3, -0.25) is 0 Å². The molecule has 2 heteroatoms. The number of benzene rings is 1. The SMILES string of the molecule is Cc1c(N)cccc1NC1CCCC(C)CC1. The quantitative estimate of drug-likeness (QED) is 0.598. The van der Waals surface area contributed by atoms with Gasteiger partial charge in [-0.2, -0.15) is 0 Å². The van der Waals surface area contributed by atoms with Crippen LogP contribution in [0, 0.1) is 12.8 Å². The van der Waals surface area contributed by atoms with Crippen LogP contribution in [0.3, 0.4) is 0 Å². The van der Waals surface area contributed by atoms with Gasteiger partial charge in [0.25, 0.3) is 0 Å². The van der Waals surface area contributed by atoms with Crippen LogP contribution >= 0.6 is 0 Å². The number of nitrogens with one attached hydrogen (secondary N) is 1. The summed E-state index contributed by atoms with van der Waals surface area (Å²) >= 11 is 0. The largest absolute Gasteiger partial charge is 0.398 e. The molecule has 0 amide bonds. The lowest BCUT2D eigenvalue weighted by Crippen LogP contribution is -2.19. The first-order valence-electron chi connectivity index (χ1n) is 6.78. The molecule has 0 aromatic heterocycles. The van der Waals surface area contributed by atoms with E-state index in [1.807, 2.05) is 12.1 Å². The Kier molecular flexibility index (Phi) is 3.93. The second-order valence-electron chi connectivity index (χ2n) is 5.47. The van der Waals surface area contributed by atoms with Crippen molar-refractivity contribution in [3.05, 3.63) is 23.8 Å². The Hall–Kier alpha value is -1.18. The summed E-state index contributed by atoms with van der Waals surface area (Å²) in [5, 5.41) is 3.67. The molecule has 0 bridgehead atoms. The molecule has 2 unspecified atom stereocenters. The maximum absolute atomic E-state index is 5.94. The number of hydrogen-bond acceptors (Lipinski definition) is 2. The molecule has 1 aromatic carbocycles. The predicted octanol–water partition coefficient (Wildman–Crippen LogP) is 3.96. The van der Waals surface area contributed by atoms with Crippen molar-refractivity contribution < 1.29 is 0 Å². The van der Waals surface area contributed by atoms with Crippen LogP contribution in [-0.2, 0) is 0 Å². The molecule has 2 atom stereocenters. The van der Waals surface area contributed by atoms with Crippen LogP contribution in [0.4, 0.5) is 11.4 Å². The lowest BCUT2D eigenvalue weighted by molar-refractivity contribution is 0.502. The molecular formula is C15H24N2. The molecule has 2 nitrogen and oxygen atoms in total. The molecule has 17 heavy (non-hydrogen) atoms. The standard InChI is InChI=1S/C15H24N2/c1-11-5-3-6-13(10-9-11)17-15-8-4-7-14(16)12(15)2/h4,7-8,11,13,17H,3,5-6,9-10,16H2,1-2H3. The Morgan fingerprint density at radius 3 is 2.82 bits per heavy atom. The molecule has 1 saturated carbocycles. The minimum absolute atomic E-state index is 0.625. The first-order valence-corrected chi connectivity index (χ1v) is 6.78. The summed E-state index contributed by atoms with van der Waals surface area (Å²) in [5.41, 5.74) is 9.22. The molecule has 0 saturated heterocycles. The van der Waals surface area contributed by atoms with Crippen molar-refractivity contribution in [3.63, 3.8) is 0 Å². The Morgan fingerprint density at radius 1 is 1.18 bits per heavy atom. The van der Waals surface area contributed by atoms with Gasteiger partial charge in [0.2, 0.25) is 0 Å². The average Bonchev–Trinajstić information content (AvgIpc) is 2.50. The number of anilines is 2. The fourth-order valence-corrected chi connectivity index (χ4v) is 2.66. The van der Waals surface area contributed by atoms with Crippen molar-refractivity contribution in [2.75, 3.05) is 11.1 Å². The van der Waals surface area contributed by atoms with Gasteiger partial charge < -0.3 is 11.1 Å². The molecule has 1 aliphatic rings. The molecular weight excluding hydrogens is 208 g/mol. The van der Waals surface area contributed by atoms with Gasteiger partial charge in [-0.1, -0.05) is 25.8 Å². The fourth-order valence-electron chi connectivity index (χ4n) is 2.66. The van der Waals surface area contributed by atoms with E-state index in [0.29, 0.717) is 6.04 Å². The number of nitrogens with two attached hydrogens (primary N) is 1. The van der Waals surface area contributed by atoms with Crippen molar-refractivity contribution >= 4 is 11.4 Å². The van der Waals surface area contributed by atoms with E-state index in [1.54, 1.807) is 0 Å². The molecule has 3 N–H and O–H groups in total. The van der Waals surface area contributed by atoms with Crippen molar-refractivity contribution in [2.24, 2.45) is 5.92 Å². The minimum atomic E-state index is 0.625. The highest BCUT2D eigenvalue weighted by molar-refractivity contribution is 5.63. The lowest BCUT2D eigenvalue weighted by atomic mass is 10.0. The molecule has 1 fully saturated rings. The normalized spacial score (nSPS) is 25.3. The van der Waals surface area contributed by atoms with Crippen LogP contribution in [0.1, 0.15) is 44.6 Å². The highest BCUT2D eigenvalue weighted by Crippen LogP contribution is 2.27. The molecule has 0 aliphatic heterocycles. The van der Waals surface area contributed by atoms with Crippen LogP contribution < -0.4 is 11.1 Å². The summed E-state index contributed by atoms with van der Waals surface area (Å²) < 4.78 is 0. The first kappa shape index (κ1) is 12.3. The Labute approximate surface area is 105 Å². The third-order valence-corrected chi connectivity index (χ3v) is 3.99. The number of rotatable bonds is 2. The van der Waals surface area contributed by atoms with Gasteiger partial charge in [0.1, 0.15) is 0 Å². The van der Waals surface area contributed by atoms with Crippen LogP contribution in [0.25, 0.3) is 0 Å². The molecule has 1 aromatic rings. The van der Waals surface area contributed by atoms with Gasteiger partial charge in [-0.15, -0.1) is 0 Å². The topological polar surface area (TPSA) is 38.0 Å². The van der Waals surface area contributed by atoms with E-state index >= 15 is 0 Å². The van der Waals surface area contributed by atoms with E-state index in [-0.39, 0.29) is 0 Å². The van der Waals surface area contributed by atoms with Crippen LogP contribution in [0.5, 0.6) is 0 Å². The summed E-state index contributed by atoms with van der Waals surface area (Å²) in [7, 11) is 0. The third kappa shape index (κ3) is 3.15. The molecule has 0 radical (unpaired) electrons. The van der Waals surface area contributed by atoms with Crippen molar-refractivity contribution in [2.45, 2.75) is 52.0 Å². The zero-order chi connectivity index (χ0) is 12.3. The van der Waals surface area contributed by atoms with Crippen LogP contribution in [-0.4, -0.2) is 6.04 Å². The van der Waals surface area contributed by atoms with E-state index in [1.165, 1.54) is 43.4 Å². The highest BCUT2D eigenvalue weighted by atomic mass is 14.9. The molecule has 0 heterocycles. The fraction of sp³-hybridized carbons (Fsp3) is 0.600. The Morgan fingerprint density at radius 2 is 2.00 bits per heavy atom. The molecule has 0 spiro atoms. The smallest absolute Gasteiger partial charge is 0.0392 e. The average molecular weight is 232 g/mol. The Bertz CT molecular complexity index is 373. The van der Waals surface area contributed by atoms with E-state index in [0.717, 1.165) is 11.6 Å². The Balaban J connectivity index is 2.02. The van der Waals surface area contributed by atoms with Gasteiger partial charge in [-0.05, 0) is 49.8 Å². The second-order valence-corrected chi connectivity index (χ2v) is 5.47. The zero-order valence-corrected chi connectivity index (χ0v) is 11.0. The van der Waals surface area contributed by atoms with Gasteiger partial charge >= 0.3 is 0 Å². The van der Waals surface area contributed by atoms with Crippen LogP contribution in [0.15, 0.2) is 18.2 Å². The monoisotopic (exact) mass is 232 g/mol. The first-order chi connectivity index (χ1) is 8.16. The molecule has 94 valence electrons. The summed E-state index contributed by atoms with van der Waals surface area (Å²) in [6, 6.07) is 6.76. The van der Waals surface area contributed by atoms with Gasteiger partial charge in [0.15, 0.2) is 0 Å². The number of nitrogen functional groups attached to an aromatic ring is 1. The van der Waals surface area contributed by atoms with Crippen molar-refractivity contribution in [1.29, 1.82) is 0 Å². The predicted molar refractivity (Wildman–Crippen MR) is 75.3 cm³/mol. The van der Waals surface area contributed by atoms with Crippen LogP contribution in [0.2, 0.25) is 0 Å². The summed E-state index contributed by atoms with van der Waals surface area (Å²) in [6.45, 7) is 4.46. The van der Waals surface area contributed by atoms with Crippen molar-refractivity contribution in [1.82, 2.24) is 0 Å². The maximum Gasteiger partial charge on any atom is 0.0392 e. The summed E-state index contributed by atoms with van der Waals surface area (Å²) in [4.78, 5) is 0. The van der Waals surface area contributed by atoms with E-state index < -0.39 is 0 Å². The van der Waals surface area contributed by atoms with E-state index in [9.17, 15) is 0 Å². The molecule has 2 rings (SSSR count). The second kappa shape index (κ2) is 5.44. The third-order valence-electron chi connectivity index (χ3n) is 3.99. The summed E-state index contributed by atoms with van der Waals surface area (Å²) in [6.07, 6.45) is 6.65. The zero-order valence-electron chi connectivity index (χ0n) is 11.0. The number of hydrogen-bond donors (Lipinski definition) is 2. The van der Waals surface area contributed by atoms with Gasteiger partial charge in [0.05, 0.1) is 0 Å². The van der Waals surface area contributed by atoms with Gasteiger partial charge in [0, 0.05) is 17.4 Å². The van der Waals surface area contributed by atoms with E-state index in [2.05, 4.69) is 25.2 Å². The maximum atomic E-state index is 5.94. The summed E-state index contributed by atoms with van der Waals surface area (Å²) in [5.74, 6) is 0.892.